The van der Waals surface area contributed by atoms with E-state index in [1.807, 2.05) is 18.2 Å². The van der Waals surface area contributed by atoms with Crippen molar-refractivity contribution in [1.29, 1.82) is 0 Å². The van der Waals surface area contributed by atoms with Gasteiger partial charge >= 0.3 is 6.03 Å². The van der Waals surface area contributed by atoms with Gasteiger partial charge in [0.15, 0.2) is 0 Å². The first-order valence-electron chi connectivity index (χ1n) is 6.69. The van der Waals surface area contributed by atoms with Gasteiger partial charge in [0.25, 0.3) is 0 Å². The molecule has 6 nitrogen and oxygen atoms in total. The third-order valence-corrected chi connectivity index (χ3v) is 2.71. The lowest BCUT2D eigenvalue weighted by Gasteiger charge is -2.09. The predicted molar refractivity (Wildman–Crippen MR) is 86.0 cm³/mol. The second-order valence-electron chi connectivity index (χ2n) is 4.51. The normalized spacial score (nSPS) is 9.86. The van der Waals surface area contributed by atoms with E-state index in [0.29, 0.717) is 17.1 Å². The quantitative estimate of drug-likeness (QED) is 0.794. The van der Waals surface area contributed by atoms with Gasteiger partial charge in [0.2, 0.25) is 5.91 Å². The first kappa shape index (κ1) is 15.5. The van der Waals surface area contributed by atoms with Crippen LogP contribution in [0.25, 0.3) is 0 Å². The largest absolute Gasteiger partial charge is 0.375 e. The topological polar surface area (TPSA) is 79.5 Å². The van der Waals surface area contributed by atoms with Crippen molar-refractivity contribution < 1.29 is 14.3 Å². The van der Waals surface area contributed by atoms with E-state index in [-0.39, 0.29) is 18.5 Å². The van der Waals surface area contributed by atoms with E-state index in [1.165, 1.54) is 7.11 Å². The number of benzene rings is 2. The Morgan fingerprint density at radius 2 is 1.45 bits per heavy atom. The number of rotatable bonds is 5. The predicted octanol–water partition coefficient (Wildman–Crippen LogP) is 2.92. The Balaban J connectivity index is 1.95. The summed E-state index contributed by atoms with van der Waals surface area (Å²) in [6, 6.07) is 15.6. The molecule has 0 radical (unpaired) electrons. The molecule has 0 aliphatic carbocycles. The molecule has 22 heavy (non-hydrogen) atoms. The Morgan fingerprint density at radius 3 is 2.14 bits per heavy atom. The molecule has 0 unspecified atom stereocenters. The van der Waals surface area contributed by atoms with Gasteiger partial charge in [-0.15, -0.1) is 0 Å². The Labute approximate surface area is 128 Å². The van der Waals surface area contributed by atoms with Crippen molar-refractivity contribution in [2.75, 3.05) is 29.7 Å². The number of hydrogen-bond acceptors (Lipinski definition) is 3. The maximum absolute atomic E-state index is 11.9. The average molecular weight is 299 g/mol. The molecule has 0 atom stereocenters. The maximum atomic E-state index is 11.9. The first-order valence-corrected chi connectivity index (χ1v) is 6.69. The van der Waals surface area contributed by atoms with Crippen LogP contribution >= 0.6 is 0 Å². The number of hydrogen-bond donors (Lipinski definition) is 3. The smallest absolute Gasteiger partial charge is 0.323 e. The van der Waals surface area contributed by atoms with Gasteiger partial charge in [0, 0.05) is 24.2 Å². The third-order valence-electron chi connectivity index (χ3n) is 2.71. The number of methoxy groups -OCH3 is 1. The molecular formula is C16H17N3O3. The van der Waals surface area contributed by atoms with Crippen molar-refractivity contribution in [1.82, 2.24) is 0 Å². The van der Waals surface area contributed by atoms with Crippen molar-refractivity contribution in [2.45, 2.75) is 0 Å². The zero-order chi connectivity index (χ0) is 15.8. The third kappa shape index (κ3) is 4.92. The molecule has 0 fully saturated rings. The fraction of sp³-hybridized carbons (Fsp3) is 0.125. The number of anilines is 3. The molecule has 0 aliphatic rings. The lowest BCUT2D eigenvalue weighted by Crippen LogP contribution is -2.20. The van der Waals surface area contributed by atoms with Crippen LogP contribution in [0.2, 0.25) is 0 Å². The van der Waals surface area contributed by atoms with E-state index >= 15 is 0 Å². The van der Waals surface area contributed by atoms with Gasteiger partial charge in [-0.25, -0.2) is 4.79 Å². The number of nitrogens with one attached hydrogen (secondary N) is 3. The summed E-state index contributed by atoms with van der Waals surface area (Å²) < 4.78 is 4.75. The zero-order valence-corrected chi connectivity index (χ0v) is 12.1. The molecule has 0 bridgehead atoms. The van der Waals surface area contributed by atoms with Gasteiger partial charge in [0.05, 0.1) is 0 Å². The van der Waals surface area contributed by atoms with Crippen molar-refractivity contribution in [2.24, 2.45) is 0 Å². The van der Waals surface area contributed by atoms with Crippen molar-refractivity contribution in [3.63, 3.8) is 0 Å². The Hall–Kier alpha value is -2.86. The number of urea groups is 1. The van der Waals surface area contributed by atoms with Crippen molar-refractivity contribution >= 4 is 29.0 Å². The number of amides is 3. The minimum Gasteiger partial charge on any atom is -0.375 e. The van der Waals surface area contributed by atoms with Gasteiger partial charge < -0.3 is 20.7 Å². The van der Waals surface area contributed by atoms with Gasteiger partial charge in [-0.05, 0) is 30.3 Å². The molecule has 0 aromatic heterocycles. The molecule has 114 valence electrons. The van der Waals surface area contributed by atoms with E-state index in [4.69, 9.17) is 4.74 Å². The van der Waals surface area contributed by atoms with Crippen LogP contribution in [0.3, 0.4) is 0 Å². The molecular weight excluding hydrogens is 282 g/mol. The SMILES string of the molecule is COCC(=O)Nc1cccc(NC(=O)Nc2ccccc2)c1. The monoisotopic (exact) mass is 299 g/mol. The standard InChI is InChI=1S/C16H17N3O3/c1-22-11-15(20)17-13-8-5-9-14(10-13)19-16(21)18-12-6-3-2-4-7-12/h2-10H,11H2,1H3,(H,17,20)(H2,18,19,21). The highest BCUT2D eigenvalue weighted by Gasteiger charge is 2.05. The fourth-order valence-corrected chi connectivity index (χ4v) is 1.82. The molecule has 2 aromatic carbocycles. The Bertz CT molecular complexity index is 644. The molecule has 3 amide bonds. The second kappa shape index (κ2) is 7.80. The highest BCUT2D eigenvalue weighted by molar-refractivity contribution is 6.00. The lowest BCUT2D eigenvalue weighted by molar-refractivity contribution is -0.119. The van der Waals surface area contributed by atoms with Crippen LogP contribution in [0, 0.1) is 0 Å². The van der Waals surface area contributed by atoms with E-state index in [1.54, 1.807) is 36.4 Å². The summed E-state index contributed by atoms with van der Waals surface area (Å²) in [7, 11) is 1.45. The molecule has 0 saturated carbocycles. The van der Waals surface area contributed by atoms with Crippen molar-refractivity contribution in [3.05, 3.63) is 54.6 Å². The lowest BCUT2D eigenvalue weighted by atomic mass is 10.2. The van der Waals surface area contributed by atoms with Crippen LogP contribution in [0.1, 0.15) is 0 Å². The highest BCUT2D eigenvalue weighted by Crippen LogP contribution is 2.15. The second-order valence-corrected chi connectivity index (χ2v) is 4.51. The highest BCUT2D eigenvalue weighted by atomic mass is 16.5. The van der Waals surface area contributed by atoms with E-state index in [9.17, 15) is 9.59 Å². The van der Waals surface area contributed by atoms with Crippen LogP contribution in [0.5, 0.6) is 0 Å². The zero-order valence-electron chi connectivity index (χ0n) is 12.1. The first-order chi connectivity index (χ1) is 10.7. The van der Waals surface area contributed by atoms with Crippen LogP contribution in [0.15, 0.2) is 54.6 Å². The maximum Gasteiger partial charge on any atom is 0.323 e. The fourth-order valence-electron chi connectivity index (χ4n) is 1.82. The van der Waals surface area contributed by atoms with Gasteiger partial charge in [-0.2, -0.15) is 0 Å². The number of carbonyl (C=O) groups is 2. The molecule has 2 aromatic rings. The van der Waals surface area contributed by atoms with E-state index < -0.39 is 0 Å². The van der Waals surface area contributed by atoms with Crippen LogP contribution in [0.4, 0.5) is 21.9 Å². The van der Waals surface area contributed by atoms with E-state index in [0.717, 1.165) is 0 Å². The molecule has 2 rings (SSSR count). The van der Waals surface area contributed by atoms with Crippen LogP contribution in [-0.2, 0) is 9.53 Å². The summed E-state index contributed by atoms with van der Waals surface area (Å²) in [5.74, 6) is -0.256. The average Bonchev–Trinajstić information content (AvgIpc) is 2.48. The number of carbonyl (C=O) groups excluding carboxylic acids is 2. The minimum atomic E-state index is -0.355. The summed E-state index contributed by atoms with van der Waals surface area (Å²) in [6.45, 7) is -0.0217. The molecule has 6 heteroatoms. The Kier molecular flexibility index (Phi) is 5.50. The summed E-state index contributed by atoms with van der Waals surface area (Å²) in [6.07, 6.45) is 0. The molecule has 0 heterocycles. The van der Waals surface area contributed by atoms with Gasteiger partial charge in [-0.1, -0.05) is 24.3 Å². The van der Waals surface area contributed by atoms with Crippen molar-refractivity contribution in [3.8, 4) is 0 Å². The summed E-state index contributed by atoms with van der Waals surface area (Å²) in [5.41, 5.74) is 1.85. The molecule has 0 spiro atoms. The molecule has 0 aliphatic heterocycles. The summed E-state index contributed by atoms with van der Waals surface area (Å²) in [5, 5.41) is 8.09. The van der Waals surface area contributed by atoms with Crippen LogP contribution < -0.4 is 16.0 Å². The van der Waals surface area contributed by atoms with Gasteiger partial charge in [-0.3, -0.25) is 4.79 Å². The van der Waals surface area contributed by atoms with Gasteiger partial charge in [0.1, 0.15) is 6.61 Å². The Morgan fingerprint density at radius 1 is 0.864 bits per heavy atom. The summed E-state index contributed by atoms with van der Waals surface area (Å²) in [4.78, 5) is 23.3. The van der Waals surface area contributed by atoms with E-state index in [2.05, 4.69) is 16.0 Å². The summed E-state index contributed by atoms with van der Waals surface area (Å²) >= 11 is 0. The minimum absolute atomic E-state index is 0.0217. The molecule has 3 N–H and O–H groups in total. The molecule has 0 saturated heterocycles. The number of ether oxygens (including phenoxy) is 1. The number of para-hydroxylation sites is 1. The van der Waals surface area contributed by atoms with Crippen LogP contribution in [-0.4, -0.2) is 25.7 Å².